The van der Waals surface area contributed by atoms with E-state index in [4.69, 9.17) is 0 Å². The molecule has 0 aromatic rings. The predicted molar refractivity (Wildman–Crippen MR) is 70.0 cm³/mol. The molecule has 0 bridgehead atoms. The average molecular weight is 579 g/mol. The van der Waals surface area contributed by atoms with Crippen LogP contribution in [0.4, 0.5) is 83.4 Å². The first-order valence-corrected chi connectivity index (χ1v) is 7.78. The van der Waals surface area contributed by atoms with Crippen molar-refractivity contribution < 1.29 is 83.4 Å². The fraction of sp³-hybridized carbons (Fsp3) is 0.833. The van der Waals surface area contributed by atoms with Gasteiger partial charge in [0.25, 0.3) is 0 Å². The van der Waals surface area contributed by atoms with Gasteiger partial charge in [0.1, 0.15) is 0 Å². The van der Waals surface area contributed by atoms with E-state index in [1.54, 1.807) is 0 Å². The van der Waals surface area contributed by atoms with Gasteiger partial charge in [0, 0.05) is 6.42 Å². The molecule has 0 unspecified atom stereocenters. The van der Waals surface area contributed by atoms with Gasteiger partial charge in [-0.3, -0.25) is 0 Å². The molecule has 0 aromatic heterocycles. The van der Waals surface area contributed by atoms with Crippen molar-refractivity contribution in [2.75, 3.05) is 0 Å². The van der Waals surface area contributed by atoms with Crippen LogP contribution in [-0.2, 0) is 0 Å². The number of allylic oxidation sites excluding steroid dienone is 2. The number of rotatable bonds is 10. The molecule has 0 saturated heterocycles. The highest BCUT2D eigenvalue weighted by Gasteiger charge is 2.87. The first kappa shape index (κ1) is 32.0. The second-order valence-electron chi connectivity index (χ2n) is 5.90. The SMILES string of the molecule is F/C(=C\CC(F)(F)C(F)(F)C(F)(F)C(F)(F)Cl)C(F)(F)C(F)(F)C(F)(F)C(F)(F)C(F)(F)Cl. The van der Waals surface area contributed by atoms with Gasteiger partial charge in [-0.25, -0.2) is 4.39 Å². The summed E-state index contributed by atoms with van der Waals surface area (Å²) in [7, 11) is 0. The highest BCUT2D eigenvalue weighted by Crippen LogP contribution is 2.60. The quantitative estimate of drug-likeness (QED) is 0.181. The van der Waals surface area contributed by atoms with Crippen LogP contribution in [0.5, 0.6) is 0 Å². The summed E-state index contributed by atoms with van der Waals surface area (Å²) in [6, 6.07) is 0. The molecule has 0 nitrogen and oxygen atoms in total. The van der Waals surface area contributed by atoms with Gasteiger partial charge in [-0.05, 0) is 29.3 Å². The van der Waals surface area contributed by atoms with Crippen LogP contribution in [-0.4, -0.2) is 52.2 Å². The first-order chi connectivity index (χ1) is 13.9. The van der Waals surface area contributed by atoms with Gasteiger partial charge in [0.05, 0.1) is 0 Å². The maximum Gasteiger partial charge on any atom is 0.393 e. The van der Waals surface area contributed by atoms with Crippen molar-refractivity contribution in [2.24, 2.45) is 0 Å². The predicted octanol–water partition coefficient (Wildman–Crippen LogP) is 8.34. The Bertz CT molecular complexity index is 741. The zero-order valence-corrected chi connectivity index (χ0v) is 15.7. The van der Waals surface area contributed by atoms with Gasteiger partial charge >= 0.3 is 52.2 Å². The first-order valence-electron chi connectivity index (χ1n) is 7.02. The van der Waals surface area contributed by atoms with Gasteiger partial charge in [-0.2, -0.15) is 79.0 Å². The van der Waals surface area contributed by atoms with Gasteiger partial charge in [0.2, 0.25) is 0 Å². The third-order valence-corrected chi connectivity index (χ3v) is 4.06. The molecule has 0 fully saturated rings. The van der Waals surface area contributed by atoms with Crippen LogP contribution in [0.15, 0.2) is 11.9 Å². The molecule has 0 heterocycles. The molecule has 0 atom stereocenters. The lowest BCUT2D eigenvalue weighted by Gasteiger charge is -2.37. The molecule has 33 heavy (non-hydrogen) atoms. The number of hydrogen-bond donors (Lipinski definition) is 0. The van der Waals surface area contributed by atoms with Crippen LogP contribution in [0.1, 0.15) is 6.42 Å². The molecule has 198 valence electrons. The number of halogens is 21. The Morgan fingerprint density at radius 2 is 0.788 bits per heavy atom. The van der Waals surface area contributed by atoms with Gasteiger partial charge in [0.15, 0.2) is 5.83 Å². The molecule has 0 aliphatic carbocycles. The second kappa shape index (κ2) is 8.29. The van der Waals surface area contributed by atoms with Crippen molar-refractivity contribution in [3.8, 4) is 0 Å². The molecular weight excluding hydrogens is 576 g/mol. The van der Waals surface area contributed by atoms with E-state index >= 15 is 0 Å². The average Bonchev–Trinajstić information content (AvgIpc) is 2.56. The summed E-state index contributed by atoms with van der Waals surface area (Å²) < 4.78 is 245. The van der Waals surface area contributed by atoms with Crippen LogP contribution in [0, 0.1) is 0 Å². The van der Waals surface area contributed by atoms with Crippen LogP contribution in [0.25, 0.3) is 0 Å². The largest absolute Gasteiger partial charge is 0.393 e. The molecule has 0 spiro atoms. The van der Waals surface area contributed by atoms with E-state index in [9.17, 15) is 83.4 Å². The van der Waals surface area contributed by atoms with E-state index in [1.807, 2.05) is 0 Å². The summed E-state index contributed by atoms with van der Waals surface area (Å²) in [5.41, 5.74) is 0. The van der Waals surface area contributed by atoms with E-state index in [2.05, 4.69) is 23.2 Å². The van der Waals surface area contributed by atoms with Gasteiger partial charge in [-0.15, -0.1) is 0 Å². The highest BCUT2D eigenvalue weighted by molar-refractivity contribution is 6.22. The Balaban J connectivity index is 6.34. The molecule has 0 saturated carbocycles. The fourth-order valence-corrected chi connectivity index (χ4v) is 1.84. The Labute approximate surface area is 178 Å². The van der Waals surface area contributed by atoms with E-state index in [0.717, 1.165) is 0 Å². The van der Waals surface area contributed by atoms with Crippen molar-refractivity contribution >= 4 is 23.2 Å². The fourth-order valence-electron chi connectivity index (χ4n) is 1.60. The summed E-state index contributed by atoms with van der Waals surface area (Å²) in [4.78, 5) is 0. The van der Waals surface area contributed by atoms with Crippen LogP contribution < -0.4 is 0 Å². The normalized spacial score (nSPS) is 16.9. The van der Waals surface area contributed by atoms with Crippen LogP contribution >= 0.6 is 23.2 Å². The highest BCUT2D eigenvalue weighted by atomic mass is 35.5. The lowest BCUT2D eigenvalue weighted by atomic mass is 9.96. The van der Waals surface area contributed by atoms with Crippen molar-refractivity contribution in [3.05, 3.63) is 11.9 Å². The van der Waals surface area contributed by atoms with Crippen molar-refractivity contribution in [2.45, 2.75) is 58.6 Å². The van der Waals surface area contributed by atoms with Crippen molar-refractivity contribution in [3.63, 3.8) is 0 Å². The number of alkyl halides is 20. The maximum atomic E-state index is 13.3. The lowest BCUT2D eigenvalue weighted by Crippen LogP contribution is -2.66. The van der Waals surface area contributed by atoms with Gasteiger partial charge in [-0.1, -0.05) is 0 Å². The third-order valence-electron chi connectivity index (χ3n) is 3.59. The van der Waals surface area contributed by atoms with E-state index < -0.39 is 70.5 Å². The molecule has 21 heteroatoms. The lowest BCUT2D eigenvalue weighted by molar-refractivity contribution is -0.385. The smallest absolute Gasteiger partial charge is 0.205 e. The van der Waals surface area contributed by atoms with Crippen LogP contribution in [0.2, 0.25) is 0 Å². The van der Waals surface area contributed by atoms with E-state index in [0.29, 0.717) is 0 Å². The van der Waals surface area contributed by atoms with Gasteiger partial charge < -0.3 is 0 Å². The van der Waals surface area contributed by atoms with Crippen molar-refractivity contribution in [1.29, 1.82) is 0 Å². The molecule has 0 N–H and O–H groups in total. The zero-order valence-electron chi connectivity index (χ0n) is 14.2. The molecule has 0 aromatic carbocycles. The summed E-state index contributed by atoms with van der Waals surface area (Å²) in [6.45, 7) is 0. The maximum absolute atomic E-state index is 13.3. The molecular formula is C12H3Cl2F19. The Kier molecular flexibility index (Phi) is 8.03. The number of hydrogen-bond acceptors (Lipinski definition) is 0. The molecule has 0 aliphatic heterocycles. The Morgan fingerprint density at radius 3 is 1.09 bits per heavy atom. The minimum atomic E-state index is -7.97. The topological polar surface area (TPSA) is 0 Å². The molecule has 0 rings (SSSR count). The summed E-state index contributed by atoms with van der Waals surface area (Å²) in [6.07, 6.45) is -5.61. The van der Waals surface area contributed by atoms with E-state index in [-0.39, 0.29) is 0 Å². The molecule has 0 radical (unpaired) electrons. The van der Waals surface area contributed by atoms with E-state index in [1.165, 1.54) is 0 Å². The summed E-state index contributed by atoms with van der Waals surface area (Å²) in [5.74, 6) is -56.8. The minimum Gasteiger partial charge on any atom is -0.205 e. The van der Waals surface area contributed by atoms with Crippen molar-refractivity contribution in [1.82, 2.24) is 0 Å². The Hall–Kier alpha value is -1.01. The third kappa shape index (κ3) is 4.76. The Morgan fingerprint density at radius 1 is 0.485 bits per heavy atom. The second-order valence-corrected chi connectivity index (χ2v) is 6.85. The zero-order chi connectivity index (χ0) is 27.5. The van der Waals surface area contributed by atoms with Crippen LogP contribution in [0.3, 0.4) is 0 Å². The minimum absolute atomic E-state index is 1.96. The molecule has 0 aliphatic rings. The standard InChI is InChI=1S/C12H3Cl2F19/c13-11(30,31)9(26,27)6(20,21)4(16,17)2-1-3(15)5(18,19)7(22,23)8(24,25)10(28,29)12(14,32)33/h1H,2H2/b3-1-. The molecule has 0 amide bonds. The monoisotopic (exact) mass is 578 g/mol. The summed E-state index contributed by atoms with van der Waals surface area (Å²) >= 11 is 6.93. The summed E-state index contributed by atoms with van der Waals surface area (Å²) in [5, 5.41) is -13.2.